The van der Waals surface area contributed by atoms with Gasteiger partial charge in [-0.05, 0) is 26.0 Å². The lowest BCUT2D eigenvalue weighted by atomic mass is 10.1. The van der Waals surface area contributed by atoms with E-state index in [0.717, 1.165) is 0 Å². The molecule has 0 aliphatic heterocycles. The van der Waals surface area contributed by atoms with Crippen LogP contribution in [0, 0.1) is 0 Å². The Bertz CT molecular complexity index is 513. The van der Waals surface area contributed by atoms with Crippen LogP contribution >= 0.6 is 0 Å². The van der Waals surface area contributed by atoms with Gasteiger partial charge in [0.15, 0.2) is 0 Å². The first-order chi connectivity index (χ1) is 9.25. The van der Waals surface area contributed by atoms with E-state index in [2.05, 4.69) is 10.6 Å². The zero-order valence-electron chi connectivity index (χ0n) is 11.6. The van der Waals surface area contributed by atoms with Gasteiger partial charge in [-0.1, -0.05) is 0 Å². The molecule has 0 atom stereocenters. The molecule has 1 rings (SSSR count). The van der Waals surface area contributed by atoms with Crippen molar-refractivity contribution in [2.45, 2.75) is 19.4 Å². The maximum absolute atomic E-state index is 11.8. The van der Waals surface area contributed by atoms with Crippen molar-refractivity contribution in [3.05, 3.63) is 23.8 Å². The molecule has 0 bridgehead atoms. The summed E-state index contributed by atoms with van der Waals surface area (Å²) in [5.74, 6) is -1.65. The van der Waals surface area contributed by atoms with E-state index in [1.165, 1.54) is 25.3 Å². The highest BCUT2D eigenvalue weighted by molar-refractivity contribution is 5.94. The third kappa shape index (κ3) is 4.43. The molecule has 0 spiro atoms. The van der Waals surface area contributed by atoms with Crippen LogP contribution in [0.25, 0.3) is 0 Å². The van der Waals surface area contributed by atoms with E-state index in [4.69, 9.17) is 9.84 Å². The maximum Gasteiger partial charge on any atom is 0.339 e. The van der Waals surface area contributed by atoms with E-state index in [1.54, 1.807) is 13.8 Å². The van der Waals surface area contributed by atoms with Gasteiger partial charge in [-0.3, -0.25) is 0 Å². The van der Waals surface area contributed by atoms with Crippen LogP contribution in [0.2, 0.25) is 0 Å². The molecule has 0 aliphatic rings. The molecule has 1 aromatic carbocycles. The van der Waals surface area contributed by atoms with Gasteiger partial charge in [-0.15, -0.1) is 0 Å². The number of aromatic hydroxyl groups is 1. The Hall–Kier alpha value is -2.28. The average Bonchev–Trinajstić information content (AvgIpc) is 2.26. The Morgan fingerprint density at radius 3 is 2.50 bits per heavy atom. The van der Waals surface area contributed by atoms with Gasteiger partial charge in [0.2, 0.25) is 0 Å². The Balaban J connectivity index is 2.72. The number of carboxylic acid groups (broad SMARTS) is 1. The number of methoxy groups -OCH3 is 1. The number of aromatic carboxylic acids is 1. The minimum atomic E-state index is -1.24. The van der Waals surface area contributed by atoms with Gasteiger partial charge in [0, 0.05) is 18.9 Å². The average molecular weight is 282 g/mol. The lowest BCUT2D eigenvalue weighted by molar-refractivity contribution is 0.0694. The normalized spacial score (nSPS) is 10.9. The van der Waals surface area contributed by atoms with Gasteiger partial charge in [0.05, 0.1) is 12.1 Å². The molecule has 1 aromatic rings. The van der Waals surface area contributed by atoms with Crippen LogP contribution in [-0.2, 0) is 4.74 Å². The van der Waals surface area contributed by atoms with Crippen molar-refractivity contribution in [3.63, 3.8) is 0 Å². The molecular formula is C13H18N2O5. The van der Waals surface area contributed by atoms with Crippen molar-refractivity contribution in [1.82, 2.24) is 5.32 Å². The van der Waals surface area contributed by atoms with Gasteiger partial charge in [0.1, 0.15) is 11.3 Å². The molecule has 0 radical (unpaired) electrons. The topological polar surface area (TPSA) is 108 Å². The van der Waals surface area contributed by atoms with E-state index in [9.17, 15) is 14.7 Å². The second kappa shape index (κ2) is 6.25. The Morgan fingerprint density at radius 1 is 1.35 bits per heavy atom. The van der Waals surface area contributed by atoms with Crippen LogP contribution in [-0.4, -0.2) is 41.5 Å². The van der Waals surface area contributed by atoms with Gasteiger partial charge in [-0.25, -0.2) is 9.59 Å². The summed E-state index contributed by atoms with van der Waals surface area (Å²) in [6.07, 6.45) is 0. The molecule has 4 N–H and O–H groups in total. The molecule has 7 heteroatoms. The first-order valence-electron chi connectivity index (χ1n) is 5.89. The van der Waals surface area contributed by atoms with Crippen LogP contribution in [0.15, 0.2) is 18.2 Å². The van der Waals surface area contributed by atoms with Gasteiger partial charge in [-0.2, -0.15) is 0 Å². The number of hydrogen-bond donors (Lipinski definition) is 4. The Morgan fingerprint density at radius 2 is 2.00 bits per heavy atom. The second-order valence-corrected chi connectivity index (χ2v) is 4.93. The van der Waals surface area contributed by atoms with Crippen LogP contribution in [0.3, 0.4) is 0 Å². The third-order valence-electron chi connectivity index (χ3n) is 2.44. The van der Waals surface area contributed by atoms with Gasteiger partial charge in [0.25, 0.3) is 0 Å². The minimum absolute atomic E-state index is 0.226. The highest BCUT2D eigenvalue weighted by Crippen LogP contribution is 2.21. The fourth-order valence-electron chi connectivity index (χ4n) is 1.66. The molecule has 0 unspecified atom stereocenters. The van der Waals surface area contributed by atoms with E-state index in [-0.39, 0.29) is 5.56 Å². The van der Waals surface area contributed by atoms with Crippen LogP contribution in [0.5, 0.6) is 5.75 Å². The van der Waals surface area contributed by atoms with Crippen LogP contribution < -0.4 is 10.6 Å². The molecule has 0 saturated heterocycles. The quantitative estimate of drug-likeness (QED) is 0.656. The summed E-state index contributed by atoms with van der Waals surface area (Å²) < 4.78 is 4.97. The molecule has 110 valence electrons. The lowest BCUT2D eigenvalue weighted by Gasteiger charge is -2.25. The van der Waals surface area contributed by atoms with Crippen molar-refractivity contribution in [2.24, 2.45) is 0 Å². The summed E-state index contributed by atoms with van der Waals surface area (Å²) in [6.45, 7) is 3.92. The maximum atomic E-state index is 11.8. The summed E-state index contributed by atoms with van der Waals surface area (Å²) in [5, 5.41) is 23.5. The van der Waals surface area contributed by atoms with E-state index in [1.807, 2.05) is 0 Å². The molecule has 0 heterocycles. The zero-order valence-corrected chi connectivity index (χ0v) is 11.6. The molecule has 2 amide bonds. The number of hydrogen-bond acceptors (Lipinski definition) is 4. The number of rotatable bonds is 5. The summed E-state index contributed by atoms with van der Waals surface area (Å²) >= 11 is 0. The summed E-state index contributed by atoms with van der Waals surface area (Å²) in [7, 11) is 1.53. The Kier molecular flexibility index (Phi) is 4.93. The number of amides is 2. The standard InChI is InChI=1S/C13H18N2O5/c1-13(2,7-20-3)15-12(19)14-8-4-5-9(11(17)18)10(16)6-8/h4-6,16H,7H2,1-3H3,(H,17,18)(H2,14,15,19). The first-order valence-corrected chi connectivity index (χ1v) is 5.89. The highest BCUT2D eigenvalue weighted by Gasteiger charge is 2.20. The number of phenols is 1. The SMILES string of the molecule is COCC(C)(C)NC(=O)Nc1ccc(C(=O)O)c(O)c1. The summed E-state index contributed by atoms with van der Waals surface area (Å²) in [5.41, 5.74) is -0.490. The molecule has 0 aliphatic carbocycles. The predicted octanol–water partition coefficient (Wildman–Crippen LogP) is 1.64. The predicted molar refractivity (Wildman–Crippen MR) is 73.2 cm³/mol. The molecular weight excluding hydrogens is 264 g/mol. The van der Waals surface area contributed by atoms with E-state index < -0.39 is 23.3 Å². The number of urea groups is 1. The van der Waals surface area contributed by atoms with Crippen LogP contribution in [0.1, 0.15) is 24.2 Å². The van der Waals surface area contributed by atoms with Crippen molar-refractivity contribution in [1.29, 1.82) is 0 Å². The van der Waals surface area contributed by atoms with E-state index in [0.29, 0.717) is 12.3 Å². The fourth-order valence-corrected chi connectivity index (χ4v) is 1.66. The first kappa shape index (κ1) is 15.8. The van der Waals surface area contributed by atoms with Crippen molar-refractivity contribution < 1.29 is 24.5 Å². The summed E-state index contributed by atoms with van der Waals surface area (Å²) in [4.78, 5) is 22.5. The number of carbonyl (C=O) groups is 2. The van der Waals surface area contributed by atoms with Crippen LogP contribution in [0.4, 0.5) is 10.5 Å². The summed E-state index contributed by atoms with van der Waals surface area (Å²) in [6, 6.07) is 3.31. The van der Waals surface area contributed by atoms with E-state index >= 15 is 0 Å². The van der Waals surface area contributed by atoms with Gasteiger partial charge >= 0.3 is 12.0 Å². The third-order valence-corrected chi connectivity index (χ3v) is 2.44. The number of benzene rings is 1. The number of anilines is 1. The highest BCUT2D eigenvalue weighted by atomic mass is 16.5. The van der Waals surface area contributed by atoms with Crippen molar-refractivity contribution in [3.8, 4) is 5.75 Å². The molecule has 0 aromatic heterocycles. The van der Waals surface area contributed by atoms with Crippen molar-refractivity contribution >= 4 is 17.7 Å². The molecule has 0 saturated carbocycles. The number of ether oxygens (including phenoxy) is 1. The molecule has 0 fully saturated rings. The van der Waals surface area contributed by atoms with Crippen molar-refractivity contribution in [2.75, 3.05) is 19.0 Å². The number of carbonyl (C=O) groups excluding carboxylic acids is 1. The molecule has 20 heavy (non-hydrogen) atoms. The zero-order chi connectivity index (χ0) is 15.3. The lowest BCUT2D eigenvalue weighted by Crippen LogP contribution is -2.48. The smallest absolute Gasteiger partial charge is 0.339 e. The molecule has 7 nitrogen and oxygen atoms in total. The fraction of sp³-hybridized carbons (Fsp3) is 0.385. The largest absolute Gasteiger partial charge is 0.507 e. The number of nitrogens with one attached hydrogen (secondary N) is 2. The monoisotopic (exact) mass is 282 g/mol. The van der Waals surface area contributed by atoms with Gasteiger partial charge < -0.3 is 25.6 Å². The Labute approximate surface area is 116 Å². The second-order valence-electron chi connectivity index (χ2n) is 4.93. The minimum Gasteiger partial charge on any atom is -0.507 e. The number of carboxylic acids is 1.